The molecule has 3 N–H and O–H groups in total. The fourth-order valence-corrected chi connectivity index (χ4v) is 4.31. The van der Waals surface area contributed by atoms with Gasteiger partial charge < -0.3 is 29.9 Å². The molecule has 0 bridgehead atoms. The number of nitrogens with one attached hydrogen (secondary N) is 1. The Morgan fingerprint density at radius 1 is 1.24 bits per heavy atom. The summed E-state index contributed by atoms with van der Waals surface area (Å²) in [6.07, 6.45) is 0.658. The van der Waals surface area contributed by atoms with Gasteiger partial charge in [-0.05, 0) is 61.1 Å². The van der Waals surface area contributed by atoms with Crippen molar-refractivity contribution in [2.24, 2.45) is 5.92 Å². The fourth-order valence-electron chi connectivity index (χ4n) is 3.79. The number of halogens is 1. The molecule has 1 aliphatic rings. The van der Waals surface area contributed by atoms with Crippen molar-refractivity contribution >= 4 is 34.4 Å². The zero-order valence-electron chi connectivity index (χ0n) is 20.4. The maximum Gasteiger partial charge on any atom is 0.247 e. The molecule has 9 heteroatoms. The first kappa shape index (κ1) is 28.5. The van der Waals surface area contributed by atoms with Crippen LogP contribution in [0.1, 0.15) is 40.5 Å². The molecule has 0 spiro atoms. The zero-order valence-corrected chi connectivity index (χ0v) is 22.5. The largest absolute Gasteiger partial charge is 0.482 e. The van der Waals surface area contributed by atoms with Crippen LogP contribution in [0, 0.1) is 9.49 Å². The normalized spacial score (nSPS) is 20.3. The summed E-state index contributed by atoms with van der Waals surface area (Å²) in [5, 5.41) is 23.1. The van der Waals surface area contributed by atoms with E-state index in [0.29, 0.717) is 30.9 Å². The van der Waals surface area contributed by atoms with Crippen LogP contribution < -0.4 is 10.1 Å². The predicted octanol–water partition coefficient (Wildman–Crippen LogP) is 2.51. The maximum atomic E-state index is 13.2. The SMILES string of the molecule is CC(C)OCCCN(C(=O)C(C)C)C1CC(C(=O)NCCO)=CC(Oc2ccccc2I)C1O. The Kier molecular flexibility index (Phi) is 11.8. The van der Waals surface area contributed by atoms with Gasteiger partial charge in [0.15, 0.2) is 0 Å². The van der Waals surface area contributed by atoms with Gasteiger partial charge in [0.2, 0.25) is 11.8 Å². The molecule has 0 heterocycles. The molecule has 2 rings (SSSR count). The van der Waals surface area contributed by atoms with Crippen LogP contribution in [-0.2, 0) is 14.3 Å². The fraction of sp³-hybridized carbons (Fsp3) is 0.600. The van der Waals surface area contributed by atoms with Crippen molar-refractivity contribution < 1.29 is 29.3 Å². The topological polar surface area (TPSA) is 108 Å². The summed E-state index contributed by atoms with van der Waals surface area (Å²) in [5.41, 5.74) is 0.416. The summed E-state index contributed by atoms with van der Waals surface area (Å²) in [4.78, 5) is 27.6. The number of rotatable bonds is 12. The molecular formula is C25H37IN2O6. The van der Waals surface area contributed by atoms with Gasteiger partial charge in [-0.1, -0.05) is 26.0 Å². The Morgan fingerprint density at radius 2 is 1.94 bits per heavy atom. The maximum absolute atomic E-state index is 13.2. The van der Waals surface area contributed by atoms with Crippen LogP contribution in [0.3, 0.4) is 0 Å². The van der Waals surface area contributed by atoms with Crippen molar-refractivity contribution in [3.05, 3.63) is 39.5 Å². The Hall–Kier alpha value is -1.69. The molecule has 0 radical (unpaired) electrons. The second-order valence-corrected chi connectivity index (χ2v) is 10.1. The summed E-state index contributed by atoms with van der Waals surface area (Å²) in [6, 6.07) is 6.79. The number of ether oxygens (including phenoxy) is 2. The van der Waals surface area contributed by atoms with Crippen molar-refractivity contribution in [1.82, 2.24) is 10.2 Å². The number of hydrogen-bond acceptors (Lipinski definition) is 6. The second kappa shape index (κ2) is 14.0. The van der Waals surface area contributed by atoms with Gasteiger partial charge in [-0.25, -0.2) is 0 Å². The van der Waals surface area contributed by atoms with Crippen molar-refractivity contribution in [1.29, 1.82) is 0 Å². The van der Waals surface area contributed by atoms with Gasteiger partial charge in [-0.3, -0.25) is 9.59 Å². The lowest BCUT2D eigenvalue weighted by Gasteiger charge is -2.41. The third-order valence-corrected chi connectivity index (χ3v) is 6.38. The standard InChI is InChI=1S/C25H37IN2O6/c1-16(2)25(32)28(11-7-13-33-17(3)4)20-14-18(24(31)27-10-12-29)15-22(23(20)30)34-21-9-6-5-8-19(21)26/h5-6,8-9,15-17,20,22-23,29-30H,7,10-14H2,1-4H3,(H,27,31). The highest BCUT2D eigenvalue weighted by Gasteiger charge is 2.40. The minimum absolute atomic E-state index is 0.0883. The van der Waals surface area contributed by atoms with Crippen LogP contribution in [0.2, 0.25) is 0 Å². The number of hydrogen-bond donors (Lipinski definition) is 3. The lowest BCUT2D eigenvalue weighted by atomic mass is 9.87. The smallest absolute Gasteiger partial charge is 0.247 e. The molecule has 8 nitrogen and oxygen atoms in total. The zero-order chi connectivity index (χ0) is 25.3. The van der Waals surface area contributed by atoms with Gasteiger partial charge in [-0.2, -0.15) is 0 Å². The van der Waals surface area contributed by atoms with E-state index < -0.39 is 18.2 Å². The Labute approximate surface area is 215 Å². The van der Waals surface area contributed by atoms with E-state index >= 15 is 0 Å². The molecule has 0 saturated heterocycles. The van der Waals surface area contributed by atoms with E-state index in [1.54, 1.807) is 17.0 Å². The first-order chi connectivity index (χ1) is 16.1. The van der Waals surface area contributed by atoms with E-state index in [1.807, 2.05) is 45.9 Å². The number of aliphatic hydroxyl groups is 2. The van der Waals surface area contributed by atoms with Gasteiger partial charge in [-0.15, -0.1) is 0 Å². The van der Waals surface area contributed by atoms with Gasteiger partial charge in [0.25, 0.3) is 0 Å². The number of aliphatic hydroxyl groups excluding tert-OH is 2. The molecule has 1 aliphatic carbocycles. The van der Waals surface area contributed by atoms with E-state index in [0.717, 1.165) is 3.57 Å². The minimum Gasteiger partial charge on any atom is -0.482 e. The highest BCUT2D eigenvalue weighted by atomic mass is 127. The van der Waals surface area contributed by atoms with E-state index in [9.17, 15) is 14.7 Å². The van der Waals surface area contributed by atoms with E-state index in [2.05, 4.69) is 27.9 Å². The lowest BCUT2D eigenvalue weighted by Crippen LogP contribution is -2.56. The highest BCUT2D eigenvalue weighted by Crippen LogP contribution is 2.30. The molecule has 3 unspecified atom stereocenters. The lowest BCUT2D eigenvalue weighted by molar-refractivity contribution is -0.142. The van der Waals surface area contributed by atoms with Crippen LogP contribution in [0.5, 0.6) is 5.75 Å². The van der Waals surface area contributed by atoms with Crippen molar-refractivity contribution in [3.8, 4) is 5.75 Å². The van der Waals surface area contributed by atoms with Gasteiger partial charge in [0, 0.05) is 37.6 Å². The van der Waals surface area contributed by atoms with Gasteiger partial charge in [0.1, 0.15) is 18.0 Å². The molecule has 3 atom stereocenters. The molecule has 1 aromatic rings. The molecule has 34 heavy (non-hydrogen) atoms. The summed E-state index contributed by atoms with van der Waals surface area (Å²) in [5.74, 6) is -0.127. The van der Waals surface area contributed by atoms with Crippen molar-refractivity contribution in [3.63, 3.8) is 0 Å². The van der Waals surface area contributed by atoms with Gasteiger partial charge in [0.05, 0.1) is 22.3 Å². The Morgan fingerprint density at radius 3 is 2.56 bits per heavy atom. The molecule has 0 aliphatic heterocycles. The second-order valence-electron chi connectivity index (χ2n) is 8.91. The van der Waals surface area contributed by atoms with E-state index in [-0.39, 0.29) is 43.4 Å². The van der Waals surface area contributed by atoms with Crippen LogP contribution in [-0.4, -0.2) is 77.6 Å². The number of nitrogens with zero attached hydrogens (tertiary/aromatic N) is 1. The van der Waals surface area contributed by atoms with E-state index in [1.165, 1.54) is 0 Å². The molecule has 0 saturated carbocycles. The van der Waals surface area contributed by atoms with Crippen LogP contribution in [0.4, 0.5) is 0 Å². The minimum atomic E-state index is -1.03. The van der Waals surface area contributed by atoms with Crippen molar-refractivity contribution in [2.45, 2.75) is 64.9 Å². The predicted molar refractivity (Wildman–Crippen MR) is 138 cm³/mol. The molecule has 2 amide bonds. The first-order valence-electron chi connectivity index (χ1n) is 11.8. The molecule has 1 aromatic carbocycles. The quantitative estimate of drug-likeness (QED) is 0.256. The number of amides is 2. The number of carbonyl (C=O) groups is 2. The number of carbonyl (C=O) groups excluding carboxylic acids is 2. The summed E-state index contributed by atoms with van der Waals surface area (Å²) >= 11 is 2.15. The third kappa shape index (κ3) is 8.21. The summed E-state index contributed by atoms with van der Waals surface area (Å²) in [7, 11) is 0. The van der Waals surface area contributed by atoms with Gasteiger partial charge >= 0.3 is 0 Å². The van der Waals surface area contributed by atoms with E-state index in [4.69, 9.17) is 14.6 Å². The Balaban J connectivity index is 2.34. The monoisotopic (exact) mass is 588 g/mol. The molecule has 190 valence electrons. The molecular weight excluding hydrogens is 551 g/mol. The average Bonchev–Trinajstić information content (AvgIpc) is 2.80. The number of benzene rings is 1. The van der Waals surface area contributed by atoms with Crippen LogP contribution in [0.15, 0.2) is 35.9 Å². The molecule has 0 fully saturated rings. The van der Waals surface area contributed by atoms with Crippen LogP contribution in [0.25, 0.3) is 0 Å². The molecule has 0 aromatic heterocycles. The average molecular weight is 588 g/mol. The summed E-state index contributed by atoms with van der Waals surface area (Å²) < 4.78 is 12.6. The third-order valence-electron chi connectivity index (χ3n) is 5.49. The number of para-hydroxylation sites is 1. The Bertz CT molecular complexity index is 844. The summed E-state index contributed by atoms with van der Waals surface area (Å²) in [6.45, 7) is 8.37. The first-order valence-corrected chi connectivity index (χ1v) is 12.8. The highest BCUT2D eigenvalue weighted by molar-refractivity contribution is 14.1. The van der Waals surface area contributed by atoms with Crippen LogP contribution >= 0.6 is 22.6 Å². The van der Waals surface area contributed by atoms with Crippen molar-refractivity contribution in [2.75, 3.05) is 26.3 Å².